The average Bonchev–Trinajstić information content (AvgIpc) is 3.21. The van der Waals surface area contributed by atoms with E-state index in [1.165, 1.54) is 0 Å². The van der Waals surface area contributed by atoms with Gasteiger partial charge >= 0.3 is 0 Å². The monoisotopic (exact) mass is 403 g/mol. The summed E-state index contributed by atoms with van der Waals surface area (Å²) in [6, 6.07) is 10.9. The van der Waals surface area contributed by atoms with E-state index in [0.29, 0.717) is 36.1 Å². The van der Waals surface area contributed by atoms with Gasteiger partial charge in [-0.1, -0.05) is 11.6 Å². The van der Waals surface area contributed by atoms with E-state index in [2.05, 4.69) is 5.32 Å². The fourth-order valence-electron chi connectivity index (χ4n) is 3.11. The quantitative estimate of drug-likeness (QED) is 0.703. The maximum atomic E-state index is 12.5. The van der Waals surface area contributed by atoms with Gasteiger partial charge in [0.2, 0.25) is 0 Å². The molecular weight excluding hydrogens is 378 g/mol. The summed E-state index contributed by atoms with van der Waals surface area (Å²) in [6.45, 7) is 5.99. The highest BCUT2D eigenvalue weighted by molar-refractivity contribution is 6.31. The summed E-state index contributed by atoms with van der Waals surface area (Å²) in [5, 5.41) is 3.65. The highest BCUT2D eigenvalue weighted by atomic mass is 35.5. The molecule has 5 nitrogen and oxygen atoms in total. The van der Waals surface area contributed by atoms with E-state index in [9.17, 15) is 4.79 Å². The summed E-state index contributed by atoms with van der Waals surface area (Å²) in [6.07, 6.45) is 2.15. The minimum Gasteiger partial charge on any atom is -0.493 e. The summed E-state index contributed by atoms with van der Waals surface area (Å²) >= 11 is 6.07. The first kappa shape index (κ1) is 20.5. The molecule has 0 aromatic heterocycles. The van der Waals surface area contributed by atoms with Gasteiger partial charge in [0, 0.05) is 29.3 Å². The lowest BCUT2D eigenvalue weighted by Crippen LogP contribution is -2.31. The van der Waals surface area contributed by atoms with Crippen molar-refractivity contribution < 1.29 is 19.0 Å². The van der Waals surface area contributed by atoms with E-state index in [1.54, 1.807) is 6.07 Å². The molecule has 0 unspecified atom stereocenters. The van der Waals surface area contributed by atoms with Crippen molar-refractivity contribution in [1.82, 2.24) is 5.32 Å². The number of nitrogens with one attached hydrogen (secondary N) is 1. The molecule has 0 radical (unpaired) electrons. The zero-order valence-corrected chi connectivity index (χ0v) is 17.1. The molecular formula is C22H26ClNO4. The standard InChI is InChI=1S/C22H26ClNO4/c1-3-26-21-9-6-16(22(25)24-13-19-5-4-10-27-19)12-17(21)14-28-18-7-8-20(23)15(2)11-18/h6-9,11-12,19H,3-5,10,13-14H2,1-2H3,(H,24,25)/t19-/m0/s1. The van der Waals surface area contributed by atoms with Crippen LogP contribution in [-0.2, 0) is 11.3 Å². The van der Waals surface area contributed by atoms with Gasteiger partial charge in [-0.2, -0.15) is 0 Å². The first-order valence-corrected chi connectivity index (χ1v) is 9.99. The van der Waals surface area contributed by atoms with Crippen LogP contribution in [0.3, 0.4) is 0 Å². The van der Waals surface area contributed by atoms with Gasteiger partial charge in [0.05, 0.1) is 12.7 Å². The summed E-state index contributed by atoms with van der Waals surface area (Å²) < 4.78 is 17.1. The Labute approximate surface area is 170 Å². The van der Waals surface area contributed by atoms with Crippen LogP contribution in [0.25, 0.3) is 0 Å². The van der Waals surface area contributed by atoms with E-state index in [4.69, 9.17) is 25.8 Å². The topological polar surface area (TPSA) is 56.8 Å². The zero-order chi connectivity index (χ0) is 19.9. The van der Waals surface area contributed by atoms with E-state index in [-0.39, 0.29) is 12.0 Å². The molecule has 6 heteroatoms. The average molecular weight is 404 g/mol. The Balaban J connectivity index is 1.69. The van der Waals surface area contributed by atoms with E-state index in [0.717, 1.165) is 36.3 Å². The fraction of sp³-hybridized carbons (Fsp3) is 0.409. The molecule has 3 rings (SSSR count). The smallest absolute Gasteiger partial charge is 0.251 e. The number of hydrogen-bond acceptors (Lipinski definition) is 4. The lowest BCUT2D eigenvalue weighted by atomic mass is 10.1. The van der Waals surface area contributed by atoms with Crippen molar-refractivity contribution in [3.8, 4) is 11.5 Å². The van der Waals surface area contributed by atoms with Crippen LogP contribution in [0.5, 0.6) is 11.5 Å². The SMILES string of the molecule is CCOc1ccc(C(=O)NC[C@@H]2CCCO2)cc1COc1ccc(Cl)c(C)c1. The summed E-state index contributed by atoms with van der Waals surface area (Å²) in [5.74, 6) is 1.31. The van der Waals surface area contributed by atoms with Crippen LogP contribution in [-0.4, -0.2) is 31.8 Å². The van der Waals surface area contributed by atoms with Crippen molar-refractivity contribution in [1.29, 1.82) is 0 Å². The number of carbonyl (C=O) groups is 1. The van der Waals surface area contributed by atoms with Crippen molar-refractivity contribution in [2.24, 2.45) is 0 Å². The molecule has 0 spiro atoms. The number of benzene rings is 2. The molecule has 1 saturated heterocycles. The van der Waals surface area contributed by atoms with Crippen molar-refractivity contribution in [2.45, 2.75) is 39.4 Å². The van der Waals surface area contributed by atoms with Crippen LogP contribution in [0.1, 0.15) is 41.3 Å². The molecule has 28 heavy (non-hydrogen) atoms. The van der Waals surface area contributed by atoms with Crippen LogP contribution in [0.15, 0.2) is 36.4 Å². The molecule has 1 atom stereocenters. The van der Waals surface area contributed by atoms with E-state index >= 15 is 0 Å². The third-order valence-corrected chi connectivity index (χ3v) is 5.08. The van der Waals surface area contributed by atoms with Gasteiger partial charge in [-0.3, -0.25) is 4.79 Å². The summed E-state index contributed by atoms with van der Waals surface area (Å²) in [5.41, 5.74) is 2.35. The van der Waals surface area contributed by atoms with Gasteiger partial charge < -0.3 is 19.5 Å². The molecule has 1 aliphatic rings. The second-order valence-electron chi connectivity index (χ2n) is 6.80. The van der Waals surface area contributed by atoms with Gasteiger partial charge in [-0.15, -0.1) is 0 Å². The molecule has 1 amide bonds. The Bertz CT molecular complexity index is 818. The van der Waals surface area contributed by atoms with E-state index < -0.39 is 0 Å². The molecule has 1 aliphatic heterocycles. The molecule has 2 aromatic rings. The molecule has 1 N–H and O–H groups in total. The van der Waals surface area contributed by atoms with Gasteiger partial charge in [0.15, 0.2) is 0 Å². The Morgan fingerprint density at radius 3 is 2.82 bits per heavy atom. The fourth-order valence-corrected chi connectivity index (χ4v) is 3.23. The van der Waals surface area contributed by atoms with Gasteiger partial charge in [-0.05, 0) is 68.7 Å². The van der Waals surface area contributed by atoms with Crippen LogP contribution >= 0.6 is 11.6 Å². The van der Waals surface area contributed by atoms with Crippen molar-refractivity contribution in [3.63, 3.8) is 0 Å². The Morgan fingerprint density at radius 2 is 2.11 bits per heavy atom. The highest BCUT2D eigenvalue weighted by Gasteiger charge is 2.17. The highest BCUT2D eigenvalue weighted by Crippen LogP contribution is 2.25. The van der Waals surface area contributed by atoms with Gasteiger partial charge in [-0.25, -0.2) is 0 Å². The number of rotatable bonds is 8. The predicted octanol–water partition coefficient (Wildman–Crippen LogP) is 4.53. The Kier molecular flexibility index (Phi) is 7.18. The van der Waals surface area contributed by atoms with Crippen molar-refractivity contribution in [2.75, 3.05) is 19.8 Å². The van der Waals surface area contributed by atoms with Gasteiger partial charge in [0.1, 0.15) is 18.1 Å². The van der Waals surface area contributed by atoms with Crippen molar-refractivity contribution in [3.05, 3.63) is 58.1 Å². The maximum Gasteiger partial charge on any atom is 0.251 e. The Morgan fingerprint density at radius 1 is 1.25 bits per heavy atom. The number of hydrogen-bond donors (Lipinski definition) is 1. The van der Waals surface area contributed by atoms with Gasteiger partial charge in [0.25, 0.3) is 5.91 Å². The number of ether oxygens (including phenoxy) is 3. The number of aryl methyl sites for hydroxylation is 1. The Hall–Kier alpha value is -2.24. The third-order valence-electron chi connectivity index (χ3n) is 4.66. The normalized spacial score (nSPS) is 16.0. The summed E-state index contributed by atoms with van der Waals surface area (Å²) in [4.78, 5) is 12.5. The molecule has 150 valence electrons. The lowest BCUT2D eigenvalue weighted by molar-refractivity contribution is 0.0857. The minimum atomic E-state index is -0.123. The third kappa shape index (κ3) is 5.40. The number of carbonyl (C=O) groups excluding carboxylic acids is 1. The lowest BCUT2D eigenvalue weighted by Gasteiger charge is -2.15. The molecule has 0 bridgehead atoms. The molecule has 0 aliphatic carbocycles. The molecule has 2 aromatic carbocycles. The minimum absolute atomic E-state index is 0.114. The first-order chi connectivity index (χ1) is 13.6. The van der Waals surface area contributed by atoms with Crippen LogP contribution < -0.4 is 14.8 Å². The maximum absolute atomic E-state index is 12.5. The number of halogens is 1. The first-order valence-electron chi connectivity index (χ1n) is 9.61. The second-order valence-corrected chi connectivity index (χ2v) is 7.21. The summed E-state index contributed by atoms with van der Waals surface area (Å²) in [7, 11) is 0. The van der Waals surface area contributed by atoms with E-state index in [1.807, 2.05) is 44.2 Å². The second kappa shape index (κ2) is 9.80. The largest absolute Gasteiger partial charge is 0.493 e. The van der Waals surface area contributed by atoms with Crippen LogP contribution in [0, 0.1) is 6.92 Å². The van der Waals surface area contributed by atoms with Crippen LogP contribution in [0.2, 0.25) is 5.02 Å². The number of amides is 1. The predicted molar refractivity (Wildman–Crippen MR) is 109 cm³/mol. The molecule has 0 saturated carbocycles. The molecule has 1 fully saturated rings. The molecule has 1 heterocycles. The van der Waals surface area contributed by atoms with Crippen LogP contribution in [0.4, 0.5) is 0 Å². The zero-order valence-electron chi connectivity index (χ0n) is 16.3. The van der Waals surface area contributed by atoms with Crippen molar-refractivity contribution >= 4 is 17.5 Å².